The molecule has 0 radical (unpaired) electrons. The SMILES string of the molecule is COc1ccc(N(C(=O)NCCc2ccc(Cl)cc2Cl)c2ncccc2NO)cc1. The maximum atomic E-state index is 13.1. The van der Waals surface area contributed by atoms with Gasteiger partial charge in [-0.05, 0) is 60.5 Å². The number of carbonyl (C=O) groups is 1. The first-order valence-corrected chi connectivity index (χ1v) is 9.80. The molecule has 1 heterocycles. The minimum Gasteiger partial charge on any atom is -0.497 e. The minimum atomic E-state index is -0.416. The fourth-order valence-corrected chi connectivity index (χ4v) is 3.34. The Kier molecular flexibility index (Phi) is 7.35. The van der Waals surface area contributed by atoms with Crippen LogP contribution in [0.3, 0.4) is 0 Å². The lowest BCUT2D eigenvalue weighted by molar-refractivity contribution is 0.248. The van der Waals surface area contributed by atoms with Crippen LogP contribution in [0.4, 0.5) is 22.0 Å². The van der Waals surface area contributed by atoms with E-state index >= 15 is 0 Å². The van der Waals surface area contributed by atoms with Gasteiger partial charge in [0.2, 0.25) is 0 Å². The van der Waals surface area contributed by atoms with Crippen LogP contribution < -0.4 is 20.4 Å². The molecule has 0 aliphatic heterocycles. The zero-order valence-electron chi connectivity index (χ0n) is 16.1. The van der Waals surface area contributed by atoms with Gasteiger partial charge < -0.3 is 10.1 Å². The molecule has 30 heavy (non-hydrogen) atoms. The van der Waals surface area contributed by atoms with Gasteiger partial charge in [0.25, 0.3) is 0 Å². The maximum absolute atomic E-state index is 13.1. The first-order valence-electron chi connectivity index (χ1n) is 9.04. The monoisotopic (exact) mass is 446 g/mol. The van der Waals surface area contributed by atoms with E-state index in [9.17, 15) is 10.0 Å². The summed E-state index contributed by atoms with van der Waals surface area (Å²) in [6.07, 6.45) is 2.05. The second kappa shape index (κ2) is 10.2. The van der Waals surface area contributed by atoms with E-state index in [1.165, 1.54) is 11.1 Å². The van der Waals surface area contributed by atoms with Crippen LogP contribution in [-0.2, 0) is 6.42 Å². The van der Waals surface area contributed by atoms with E-state index < -0.39 is 6.03 Å². The lowest BCUT2D eigenvalue weighted by atomic mass is 10.1. The number of nitrogens with one attached hydrogen (secondary N) is 2. The molecule has 0 atom stereocenters. The molecule has 2 aromatic carbocycles. The van der Waals surface area contributed by atoms with Gasteiger partial charge in [-0.1, -0.05) is 29.3 Å². The van der Waals surface area contributed by atoms with Gasteiger partial charge in [0.1, 0.15) is 11.4 Å². The Morgan fingerprint density at radius 1 is 1.17 bits per heavy atom. The lowest BCUT2D eigenvalue weighted by Crippen LogP contribution is -2.38. The van der Waals surface area contributed by atoms with Crippen LogP contribution in [0.15, 0.2) is 60.8 Å². The van der Waals surface area contributed by atoms with Crippen LogP contribution in [0.2, 0.25) is 10.0 Å². The first kappa shape index (κ1) is 21.7. The van der Waals surface area contributed by atoms with Gasteiger partial charge in [-0.15, -0.1) is 0 Å². The summed E-state index contributed by atoms with van der Waals surface area (Å²) in [6, 6.07) is 15.0. The highest BCUT2D eigenvalue weighted by molar-refractivity contribution is 6.35. The van der Waals surface area contributed by atoms with E-state index in [2.05, 4.69) is 15.8 Å². The predicted octanol–water partition coefficient (Wildman–Crippen LogP) is 5.29. The molecule has 3 rings (SSSR count). The quantitative estimate of drug-likeness (QED) is 0.429. The summed E-state index contributed by atoms with van der Waals surface area (Å²) < 4.78 is 5.18. The summed E-state index contributed by atoms with van der Waals surface area (Å²) in [5, 5.41) is 13.4. The lowest BCUT2D eigenvalue weighted by Gasteiger charge is -2.24. The highest BCUT2D eigenvalue weighted by atomic mass is 35.5. The number of urea groups is 1. The van der Waals surface area contributed by atoms with Crippen molar-refractivity contribution >= 4 is 46.4 Å². The molecular weight excluding hydrogens is 427 g/mol. The Labute approximate surface area is 184 Å². The fourth-order valence-electron chi connectivity index (χ4n) is 2.84. The van der Waals surface area contributed by atoms with E-state index in [-0.39, 0.29) is 11.5 Å². The number of hydrogen-bond donors (Lipinski definition) is 3. The number of nitrogens with zero attached hydrogens (tertiary/aromatic N) is 2. The molecule has 0 spiro atoms. The number of methoxy groups -OCH3 is 1. The average molecular weight is 447 g/mol. The van der Waals surface area contributed by atoms with Gasteiger partial charge in [0.15, 0.2) is 5.82 Å². The molecular formula is C21H20Cl2N4O3. The summed E-state index contributed by atoms with van der Waals surface area (Å²) in [5.74, 6) is 0.894. The van der Waals surface area contributed by atoms with Crippen molar-refractivity contribution < 1.29 is 14.7 Å². The fraction of sp³-hybridized carbons (Fsp3) is 0.143. The van der Waals surface area contributed by atoms with E-state index in [0.717, 1.165) is 5.56 Å². The van der Waals surface area contributed by atoms with Crippen LogP contribution in [0, 0.1) is 0 Å². The van der Waals surface area contributed by atoms with Gasteiger partial charge in [0, 0.05) is 22.8 Å². The Bertz CT molecular complexity index is 1020. The van der Waals surface area contributed by atoms with Gasteiger partial charge in [0.05, 0.1) is 12.8 Å². The molecule has 3 aromatic rings. The van der Waals surface area contributed by atoms with Crippen LogP contribution in [0.25, 0.3) is 0 Å². The number of aromatic nitrogens is 1. The number of benzene rings is 2. The number of rotatable bonds is 7. The molecule has 0 saturated heterocycles. The number of anilines is 3. The molecule has 0 fully saturated rings. The Morgan fingerprint density at radius 2 is 1.93 bits per heavy atom. The Morgan fingerprint density at radius 3 is 2.60 bits per heavy atom. The van der Waals surface area contributed by atoms with Crippen molar-refractivity contribution in [3.05, 3.63) is 76.4 Å². The third-order valence-electron chi connectivity index (χ3n) is 4.34. The summed E-state index contributed by atoms with van der Waals surface area (Å²) in [4.78, 5) is 18.7. The number of hydrogen-bond acceptors (Lipinski definition) is 5. The van der Waals surface area contributed by atoms with Crippen LogP contribution in [0.5, 0.6) is 5.75 Å². The molecule has 0 saturated carbocycles. The third kappa shape index (κ3) is 5.13. The summed E-state index contributed by atoms with van der Waals surface area (Å²) in [7, 11) is 1.56. The molecule has 3 N–H and O–H groups in total. The molecule has 0 aliphatic carbocycles. The molecule has 1 aromatic heterocycles. The van der Waals surface area contributed by atoms with Crippen molar-refractivity contribution in [3.8, 4) is 5.75 Å². The zero-order chi connectivity index (χ0) is 21.5. The predicted molar refractivity (Wildman–Crippen MR) is 118 cm³/mol. The molecule has 0 aliphatic rings. The van der Waals surface area contributed by atoms with Crippen molar-refractivity contribution in [3.63, 3.8) is 0 Å². The van der Waals surface area contributed by atoms with Gasteiger partial charge in [-0.3, -0.25) is 10.7 Å². The highest BCUT2D eigenvalue weighted by Crippen LogP contribution is 2.31. The van der Waals surface area contributed by atoms with Crippen molar-refractivity contribution in [1.29, 1.82) is 0 Å². The average Bonchev–Trinajstić information content (AvgIpc) is 2.76. The first-order chi connectivity index (χ1) is 14.5. The van der Waals surface area contributed by atoms with Crippen molar-refractivity contribution in [2.24, 2.45) is 0 Å². The van der Waals surface area contributed by atoms with Crippen LogP contribution in [0.1, 0.15) is 5.56 Å². The number of ether oxygens (including phenoxy) is 1. The van der Waals surface area contributed by atoms with Crippen LogP contribution in [-0.4, -0.2) is 29.9 Å². The van der Waals surface area contributed by atoms with Gasteiger partial charge in [-0.2, -0.15) is 0 Å². The normalized spacial score (nSPS) is 10.4. The minimum absolute atomic E-state index is 0.243. The van der Waals surface area contributed by atoms with E-state index in [4.69, 9.17) is 27.9 Å². The Hall–Kier alpha value is -3.00. The zero-order valence-corrected chi connectivity index (χ0v) is 17.6. The molecule has 2 amide bonds. The third-order valence-corrected chi connectivity index (χ3v) is 4.93. The Balaban J connectivity index is 1.82. The van der Waals surface area contributed by atoms with Crippen molar-refractivity contribution in [1.82, 2.24) is 10.3 Å². The number of carbonyl (C=O) groups excluding carboxylic acids is 1. The summed E-state index contributed by atoms with van der Waals surface area (Å²) in [5.41, 5.74) is 3.78. The summed E-state index contributed by atoms with van der Waals surface area (Å²) >= 11 is 12.1. The molecule has 156 valence electrons. The maximum Gasteiger partial charge on any atom is 0.327 e. The molecule has 0 unspecified atom stereocenters. The van der Waals surface area contributed by atoms with E-state index in [1.807, 2.05) is 6.07 Å². The van der Waals surface area contributed by atoms with Crippen molar-refractivity contribution in [2.75, 3.05) is 24.0 Å². The topological polar surface area (TPSA) is 86.7 Å². The molecule has 9 heteroatoms. The van der Waals surface area contributed by atoms with Crippen molar-refractivity contribution in [2.45, 2.75) is 6.42 Å². The number of amides is 2. The second-order valence-electron chi connectivity index (χ2n) is 6.24. The number of pyridine rings is 1. The van der Waals surface area contributed by atoms with Gasteiger partial charge >= 0.3 is 6.03 Å². The molecule has 7 nitrogen and oxygen atoms in total. The summed E-state index contributed by atoms with van der Waals surface area (Å²) in [6.45, 7) is 0.335. The largest absolute Gasteiger partial charge is 0.497 e. The highest BCUT2D eigenvalue weighted by Gasteiger charge is 2.22. The standard InChI is InChI=1S/C21H20Cl2N4O3/c1-30-17-8-6-16(7-9-17)27(20-19(26-29)3-2-11-24-20)21(28)25-12-10-14-4-5-15(22)13-18(14)23/h2-9,11,13,26,29H,10,12H2,1H3,(H,25,28). The number of halogens is 2. The van der Waals surface area contributed by atoms with Gasteiger partial charge in [-0.25, -0.2) is 14.7 Å². The van der Waals surface area contributed by atoms with E-state index in [0.29, 0.717) is 34.4 Å². The second-order valence-corrected chi connectivity index (χ2v) is 7.08. The smallest absolute Gasteiger partial charge is 0.327 e. The van der Waals surface area contributed by atoms with Crippen LogP contribution >= 0.6 is 23.2 Å². The van der Waals surface area contributed by atoms with E-state index in [1.54, 1.807) is 55.6 Å². The molecule has 0 bridgehead atoms.